The first-order valence-corrected chi connectivity index (χ1v) is 7.35. The second-order valence-electron chi connectivity index (χ2n) is 5.81. The highest BCUT2D eigenvalue weighted by Crippen LogP contribution is 2.38. The Morgan fingerprint density at radius 1 is 1.32 bits per heavy atom. The average molecular weight is 278 g/mol. The van der Waals surface area contributed by atoms with Crippen molar-refractivity contribution in [2.45, 2.75) is 25.8 Å². The van der Waals surface area contributed by atoms with E-state index in [0.717, 1.165) is 42.6 Å². The molecule has 0 radical (unpaired) electrons. The van der Waals surface area contributed by atoms with Gasteiger partial charge in [0, 0.05) is 25.2 Å². The second-order valence-corrected chi connectivity index (χ2v) is 6.25. The number of halogens is 1. The first-order chi connectivity index (χ1) is 9.13. The summed E-state index contributed by atoms with van der Waals surface area (Å²) in [7, 11) is 0. The van der Waals surface area contributed by atoms with Gasteiger partial charge in [-0.05, 0) is 48.4 Å². The zero-order valence-corrected chi connectivity index (χ0v) is 11.8. The number of hydrogen-bond donors (Lipinski definition) is 1. The van der Waals surface area contributed by atoms with Crippen molar-refractivity contribution in [2.24, 2.45) is 17.6 Å². The molecule has 1 saturated heterocycles. The summed E-state index contributed by atoms with van der Waals surface area (Å²) < 4.78 is 13.4. The summed E-state index contributed by atoms with van der Waals surface area (Å²) in [5.74, 6) is 1.48. The Morgan fingerprint density at radius 2 is 2.00 bits per heavy atom. The third-order valence-electron chi connectivity index (χ3n) is 4.53. The largest absolute Gasteiger partial charge is 0.389 e. The molecule has 1 heterocycles. The maximum atomic E-state index is 13.4. The topological polar surface area (TPSA) is 29.3 Å². The first-order valence-electron chi connectivity index (χ1n) is 6.94. The van der Waals surface area contributed by atoms with E-state index in [1.165, 1.54) is 25.3 Å². The van der Waals surface area contributed by atoms with Crippen LogP contribution in [0.5, 0.6) is 0 Å². The molecule has 2 atom stereocenters. The lowest BCUT2D eigenvalue weighted by Gasteiger charge is -2.18. The third kappa shape index (κ3) is 2.65. The molecule has 19 heavy (non-hydrogen) atoms. The van der Waals surface area contributed by atoms with E-state index in [2.05, 4.69) is 4.90 Å². The van der Waals surface area contributed by atoms with E-state index in [1.807, 2.05) is 0 Å². The molecule has 0 spiro atoms. The third-order valence-corrected chi connectivity index (χ3v) is 4.75. The maximum absolute atomic E-state index is 13.4. The number of benzene rings is 1. The first kappa shape index (κ1) is 13.0. The van der Waals surface area contributed by atoms with E-state index in [4.69, 9.17) is 18.0 Å². The molecule has 2 fully saturated rings. The SMILES string of the molecule is NC(=S)c1ccc(F)cc1CN1CC2CCCC2C1. The summed E-state index contributed by atoms with van der Waals surface area (Å²) in [6.45, 7) is 3.04. The van der Waals surface area contributed by atoms with Crippen LogP contribution in [-0.2, 0) is 6.54 Å². The monoisotopic (exact) mass is 278 g/mol. The van der Waals surface area contributed by atoms with Gasteiger partial charge in [0.2, 0.25) is 0 Å². The predicted molar refractivity (Wildman–Crippen MR) is 78.4 cm³/mol. The van der Waals surface area contributed by atoms with E-state index in [-0.39, 0.29) is 5.82 Å². The molecule has 102 valence electrons. The van der Waals surface area contributed by atoms with Crippen LogP contribution in [-0.4, -0.2) is 23.0 Å². The van der Waals surface area contributed by atoms with E-state index in [1.54, 1.807) is 12.1 Å². The summed E-state index contributed by atoms with van der Waals surface area (Å²) in [5.41, 5.74) is 7.46. The fourth-order valence-electron chi connectivity index (χ4n) is 3.64. The molecule has 2 unspecified atom stereocenters. The molecule has 3 rings (SSSR count). The number of hydrogen-bond acceptors (Lipinski definition) is 2. The van der Waals surface area contributed by atoms with Gasteiger partial charge in [0.25, 0.3) is 0 Å². The number of rotatable bonds is 3. The highest BCUT2D eigenvalue weighted by atomic mass is 32.1. The average Bonchev–Trinajstić information content (AvgIpc) is 2.89. The van der Waals surface area contributed by atoms with Gasteiger partial charge in [-0.25, -0.2) is 4.39 Å². The summed E-state index contributed by atoms with van der Waals surface area (Å²) in [5, 5.41) is 0. The van der Waals surface area contributed by atoms with E-state index >= 15 is 0 Å². The number of nitrogens with zero attached hydrogens (tertiary/aromatic N) is 1. The Hall–Kier alpha value is -1.00. The molecule has 0 bridgehead atoms. The van der Waals surface area contributed by atoms with Crippen molar-refractivity contribution in [3.63, 3.8) is 0 Å². The van der Waals surface area contributed by atoms with Gasteiger partial charge in [0.15, 0.2) is 0 Å². The zero-order chi connectivity index (χ0) is 13.4. The molecule has 2 nitrogen and oxygen atoms in total. The molecule has 0 amide bonds. The molecule has 1 aromatic rings. The van der Waals surface area contributed by atoms with Crippen molar-refractivity contribution in [1.29, 1.82) is 0 Å². The van der Waals surface area contributed by atoms with Crippen LogP contribution in [0.25, 0.3) is 0 Å². The lowest BCUT2D eigenvalue weighted by atomic mass is 10.0. The lowest BCUT2D eigenvalue weighted by Crippen LogP contribution is -2.23. The van der Waals surface area contributed by atoms with E-state index in [0.29, 0.717) is 4.99 Å². The molecule has 4 heteroatoms. The van der Waals surface area contributed by atoms with Gasteiger partial charge in [0.05, 0.1) is 0 Å². The van der Waals surface area contributed by atoms with Crippen LogP contribution < -0.4 is 5.73 Å². The van der Waals surface area contributed by atoms with Crippen molar-refractivity contribution in [3.8, 4) is 0 Å². The van der Waals surface area contributed by atoms with Crippen molar-refractivity contribution in [1.82, 2.24) is 4.90 Å². The number of nitrogens with two attached hydrogens (primary N) is 1. The van der Waals surface area contributed by atoms with Gasteiger partial charge >= 0.3 is 0 Å². The van der Waals surface area contributed by atoms with Crippen LogP contribution in [0.15, 0.2) is 18.2 Å². The molecule has 2 N–H and O–H groups in total. The molecular formula is C15H19FN2S. The molecule has 1 aliphatic carbocycles. The Morgan fingerprint density at radius 3 is 2.63 bits per heavy atom. The van der Waals surface area contributed by atoms with Crippen LogP contribution in [0.2, 0.25) is 0 Å². The molecule has 2 aliphatic rings. The fraction of sp³-hybridized carbons (Fsp3) is 0.533. The predicted octanol–water partition coefficient (Wildman–Crippen LogP) is 2.69. The smallest absolute Gasteiger partial charge is 0.123 e. The number of fused-ring (bicyclic) bond motifs is 1. The van der Waals surface area contributed by atoms with Crippen LogP contribution >= 0.6 is 12.2 Å². The van der Waals surface area contributed by atoms with Crippen molar-refractivity contribution < 1.29 is 4.39 Å². The number of likely N-dealkylation sites (tertiary alicyclic amines) is 1. The van der Waals surface area contributed by atoms with Crippen LogP contribution in [0.3, 0.4) is 0 Å². The molecule has 0 aromatic heterocycles. The van der Waals surface area contributed by atoms with E-state index in [9.17, 15) is 4.39 Å². The Balaban J connectivity index is 1.76. The molecule has 1 aliphatic heterocycles. The highest BCUT2D eigenvalue weighted by Gasteiger charge is 2.35. The van der Waals surface area contributed by atoms with Crippen molar-refractivity contribution in [2.75, 3.05) is 13.1 Å². The van der Waals surface area contributed by atoms with Crippen molar-refractivity contribution in [3.05, 3.63) is 35.1 Å². The summed E-state index contributed by atoms with van der Waals surface area (Å²) in [4.78, 5) is 2.78. The molecular weight excluding hydrogens is 259 g/mol. The van der Waals surface area contributed by atoms with Gasteiger partial charge in [-0.3, -0.25) is 4.90 Å². The Labute approximate surface area is 118 Å². The van der Waals surface area contributed by atoms with Gasteiger partial charge in [0.1, 0.15) is 10.8 Å². The summed E-state index contributed by atoms with van der Waals surface area (Å²) >= 11 is 5.05. The molecule has 1 saturated carbocycles. The van der Waals surface area contributed by atoms with Crippen LogP contribution in [0.4, 0.5) is 4.39 Å². The normalized spacial score (nSPS) is 26.6. The Bertz CT molecular complexity index is 491. The van der Waals surface area contributed by atoms with Gasteiger partial charge in [-0.2, -0.15) is 0 Å². The second kappa shape index (κ2) is 5.17. The van der Waals surface area contributed by atoms with Crippen LogP contribution in [0.1, 0.15) is 30.4 Å². The molecule has 1 aromatic carbocycles. The maximum Gasteiger partial charge on any atom is 0.123 e. The van der Waals surface area contributed by atoms with Gasteiger partial charge in [-0.15, -0.1) is 0 Å². The minimum atomic E-state index is -0.214. The number of thiocarbonyl (C=S) groups is 1. The highest BCUT2D eigenvalue weighted by molar-refractivity contribution is 7.80. The lowest BCUT2D eigenvalue weighted by molar-refractivity contribution is 0.303. The summed E-state index contributed by atoms with van der Waals surface area (Å²) in [6, 6.07) is 4.70. The zero-order valence-electron chi connectivity index (χ0n) is 10.9. The van der Waals surface area contributed by atoms with Crippen LogP contribution in [0, 0.1) is 17.7 Å². The minimum Gasteiger partial charge on any atom is -0.389 e. The quantitative estimate of drug-likeness (QED) is 0.862. The minimum absolute atomic E-state index is 0.214. The standard InChI is InChI=1S/C15H19FN2S/c16-13-4-5-14(15(17)19)12(6-13)9-18-7-10-2-1-3-11(10)8-18/h4-6,10-11H,1-3,7-9H2,(H2,17,19). The van der Waals surface area contributed by atoms with Gasteiger partial charge < -0.3 is 5.73 Å². The van der Waals surface area contributed by atoms with E-state index < -0.39 is 0 Å². The Kier molecular flexibility index (Phi) is 3.54. The summed E-state index contributed by atoms with van der Waals surface area (Å²) in [6.07, 6.45) is 4.08. The fourth-order valence-corrected chi connectivity index (χ4v) is 3.83. The van der Waals surface area contributed by atoms with Crippen molar-refractivity contribution >= 4 is 17.2 Å². The van der Waals surface area contributed by atoms with Gasteiger partial charge in [-0.1, -0.05) is 18.6 Å².